The highest BCUT2D eigenvalue weighted by Crippen LogP contribution is 2.43. The lowest BCUT2D eigenvalue weighted by Crippen LogP contribution is -2.43. The Bertz CT molecular complexity index is 847. The molecule has 1 aromatic heterocycles. The summed E-state index contributed by atoms with van der Waals surface area (Å²) in [5.41, 5.74) is 11.5. The third kappa shape index (κ3) is 2.58. The third-order valence-electron chi connectivity index (χ3n) is 6.94. The topological polar surface area (TPSA) is 51.3 Å². The molecule has 0 spiro atoms. The molecule has 1 aromatic carbocycles. The van der Waals surface area contributed by atoms with Gasteiger partial charge in [0.15, 0.2) is 0 Å². The minimum absolute atomic E-state index is 0.207. The lowest BCUT2D eigenvalue weighted by Gasteiger charge is -2.39. The molecule has 2 N–H and O–H groups in total. The molecular weight excluding hydrogens is 322 g/mol. The van der Waals surface area contributed by atoms with E-state index in [-0.39, 0.29) is 5.91 Å². The van der Waals surface area contributed by atoms with Crippen LogP contribution in [0.25, 0.3) is 10.9 Å². The SMILES string of the molecule is NC(=O)CN1CCn2c3c(c4cc(C5CCCCC5)ccc42)CCC[C@@H]31. The van der Waals surface area contributed by atoms with Crippen molar-refractivity contribution in [2.24, 2.45) is 5.73 Å². The summed E-state index contributed by atoms with van der Waals surface area (Å²) in [5, 5.41) is 1.48. The van der Waals surface area contributed by atoms with Crippen LogP contribution in [0.5, 0.6) is 0 Å². The summed E-state index contributed by atoms with van der Waals surface area (Å²) < 4.78 is 2.54. The van der Waals surface area contributed by atoms with Crippen molar-refractivity contribution in [3.05, 3.63) is 35.0 Å². The van der Waals surface area contributed by atoms with Gasteiger partial charge in [0.2, 0.25) is 5.91 Å². The van der Waals surface area contributed by atoms with E-state index in [1.807, 2.05) is 0 Å². The Morgan fingerprint density at radius 2 is 1.92 bits per heavy atom. The molecule has 4 heteroatoms. The summed E-state index contributed by atoms with van der Waals surface area (Å²) in [6.07, 6.45) is 10.4. The predicted octanol–water partition coefficient (Wildman–Crippen LogP) is 3.87. The first-order chi connectivity index (χ1) is 12.7. The van der Waals surface area contributed by atoms with Gasteiger partial charge < -0.3 is 10.3 Å². The average Bonchev–Trinajstić information content (AvgIpc) is 2.99. The fraction of sp³-hybridized carbons (Fsp3) is 0.591. The zero-order valence-corrected chi connectivity index (χ0v) is 15.5. The Labute approximate surface area is 155 Å². The summed E-state index contributed by atoms with van der Waals surface area (Å²) in [6, 6.07) is 7.63. The van der Waals surface area contributed by atoms with E-state index in [9.17, 15) is 4.79 Å². The maximum atomic E-state index is 11.5. The average molecular weight is 351 g/mol. The van der Waals surface area contributed by atoms with Gasteiger partial charge in [0.05, 0.1) is 12.6 Å². The molecule has 0 unspecified atom stereocenters. The molecule has 2 aromatic rings. The molecule has 0 radical (unpaired) electrons. The van der Waals surface area contributed by atoms with Gasteiger partial charge in [-0.3, -0.25) is 9.69 Å². The van der Waals surface area contributed by atoms with Crippen LogP contribution in [-0.4, -0.2) is 28.5 Å². The van der Waals surface area contributed by atoms with E-state index in [1.54, 1.807) is 11.1 Å². The van der Waals surface area contributed by atoms with Crippen molar-refractivity contribution in [3.8, 4) is 0 Å². The molecule has 0 bridgehead atoms. The highest BCUT2D eigenvalue weighted by atomic mass is 16.1. The first-order valence-corrected chi connectivity index (χ1v) is 10.4. The molecule has 3 aliphatic rings. The van der Waals surface area contributed by atoms with Crippen molar-refractivity contribution in [2.75, 3.05) is 13.1 Å². The van der Waals surface area contributed by atoms with Crippen molar-refractivity contribution in [3.63, 3.8) is 0 Å². The minimum atomic E-state index is -0.207. The molecule has 2 heterocycles. The molecule has 1 atom stereocenters. The van der Waals surface area contributed by atoms with Crippen LogP contribution in [-0.2, 0) is 17.8 Å². The quantitative estimate of drug-likeness (QED) is 0.913. The van der Waals surface area contributed by atoms with Crippen LogP contribution in [0.2, 0.25) is 0 Å². The third-order valence-corrected chi connectivity index (χ3v) is 6.94. The van der Waals surface area contributed by atoms with E-state index in [0.717, 1.165) is 25.4 Å². The predicted molar refractivity (Wildman–Crippen MR) is 104 cm³/mol. The normalized spacial score (nSPS) is 23.9. The lowest BCUT2D eigenvalue weighted by molar-refractivity contribution is -0.120. The maximum absolute atomic E-state index is 11.5. The highest BCUT2D eigenvalue weighted by Gasteiger charge is 2.35. The Hall–Kier alpha value is -1.81. The van der Waals surface area contributed by atoms with Crippen LogP contribution in [0.1, 0.15) is 73.7 Å². The number of aromatic nitrogens is 1. The first-order valence-electron chi connectivity index (χ1n) is 10.4. The monoisotopic (exact) mass is 351 g/mol. The summed E-state index contributed by atoms with van der Waals surface area (Å²) in [6.45, 7) is 2.28. The van der Waals surface area contributed by atoms with Crippen molar-refractivity contribution in [2.45, 2.75) is 69.9 Å². The molecule has 1 saturated carbocycles. The fourth-order valence-electron chi connectivity index (χ4n) is 5.77. The van der Waals surface area contributed by atoms with Gasteiger partial charge in [-0.25, -0.2) is 0 Å². The van der Waals surface area contributed by atoms with Crippen LogP contribution in [0.4, 0.5) is 0 Å². The number of benzene rings is 1. The lowest BCUT2D eigenvalue weighted by atomic mass is 9.83. The molecule has 5 rings (SSSR count). The van der Waals surface area contributed by atoms with Gasteiger partial charge in [-0.1, -0.05) is 25.3 Å². The number of hydrogen-bond donors (Lipinski definition) is 1. The fourth-order valence-corrected chi connectivity index (χ4v) is 5.77. The van der Waals surface area contributed by atoms with E-state index in [0.29, 0.717) is 12.6 Å². The van der Waals surface area contributed by atoms with Gasteiger partial charge in [0.1, 0.15) is 0 Å². The van der Waals surface area contributed by atoms with Gasteiger partial charge in [0, 0.05) is 29.7 Å². The number of nitrogens with zero attached hydrogens (tertiary/aromatic N) is 2. The number of aryl methyl sites for hydroxylation is 1. The van der Waals surface area contributed by atoms with Gasteiger partial charge >= 0.3 is 0 Å². The van der Waals surface area contributed by atoms with Gasteiger partial charge in [-0.15, -0.1) is 0 Å². The smallest absolute Gasteiger partial charge is 0.231 e. The summed E-state index contributed by atoms with van der Waals surface area (Å²) in [7, 11) is 0. The Kier molecular flexibility index (Phi) is 4.04. The maximum Gasteiger partial charge on any atom is 0.231 e. The number of primary amides is 1. The molecule has 1 aliphatic heterocycles. The van der Waals surface area contributed by atoms with Gasteiger partial charge in [-0.2, -0.15) is 0 Å². The van der Waals surface area contributed by atoms with Crippen LogP contribution >= 0.6 is 0 Å². The molecule has 1 fully saturated rings. The summed E-state index contributed by atoms with van der Waals surface area (Å²) in [4.78, 5) is 13.8. The molecular formula is C22H29N3O. The number of carbonyl (C=O) groups excluding carboxylic acids is 1. The number of amides is 1. The number of carbonyl (C=O) groups is 1. The molecule has 138 valence electrons. The molecule has 0 saturated heterocycles. The molecule has 2 aliphatic carbocycles. The molecule has 4 nitrogen and oxygen atoms in total. The van der Waals surface area contributed by atoms with Crippen molar-refractivity contribution in [1.82, 2.24) is 9.47 Å². The number of hydrogen-bond acceptors (Lipinski definition) is 2. The Balaban J connectivity index is 1.59. The van der Waals surface area contributed by atoms with Crippen molar-refractivity contribution in [1.29, 1.82) is 0 Å². The van der Waals surface area contributed by atoms with E-state index >= 15 is 0 Å². The van der Waals surface area contributed by atoms with Crippen LogP contribution in [0.3, 0.4) is 0 Å². The number of fused-ring (bicyclic) bond motifs is 3. The largest absolute Gasteiger partial charge is 0.369 e. The zero-order valence-electron chi connectivity index (χ0n) is 15.5. The van der Waals surface area contributed by atoms with E-state index < -0.39 is 0 Å². The van der Waals surface area contributed by atoms with E-state index in [1.165, 1.54) is 61.5 Å². The van der Waals surface area contributed by atoms with Crippen LogP contribution in [0, 0.1) is 0 Å². The van der Waals surface area contributed by atoms with Crippen LogP contribution in [0.15, 0.2) is 18.2 Å². The van der Waals surface area contributed by atoms with Crippen molar-refractivity contribution < 1.29 is 4.79 Å². The second-order valence-corrected chi connectivity index (χ2v) is 8.47. The summed E-state index contributed by atoms with van der Waals surface area (Å²) in [5.74, 6) is 0.546. The standard InChI is InChI=1S/C22H29N3O/c23-21(26)14-24-11-12-25-19-10-9-16(15-5-2-1-3-6-15)13-18(19)17-7-4-8-20(24)22(17)25/h9-10,13,15,20H,1-8,11-12,14H2,(H2,23,26)/t20-/m0/s1. The van der Waals surface area contributed by atoms with E-state index in [2.05, 4.69) is 27.7 Å². The first kappa shape index (κ1) is 16.4. The minimum Gasteiger partial charge on any atom is -0.369 e. The highest BCUT2D eigenvalue weighted by molar-refractivity contribution is 5.87. The molecule has 26 heavy (non-hydrogen) atoms. The van der Waals surface area contributed by atoms with E-state index in [4.69, 9.17) is 5.73 Å². The van der Waals surface area contributed by atoms with Gasteiger partial charge in [0.25, 0.3) is 0 Å². The van der Waals surface area contributed by atoms with Crippen LogP contribution < -0.4 is 5.73 Å². The Morgan fingerprint density at radius 3 is 2.73 bits per heavy atom. The Morgan fingerprint density at radius 1 is 1.08 bits per heavy atom. The number of rotatable bonds is 3. The zero-order chi connectivity index (χ0) is 17.7. The second-order valence-electron chi connectivity index (χ2n) is 8.47. The second kappa shape index (κ2) is 6.41. The number of nitrogens with two attached hydrogens (primary N) is 1. The van der Waals surface area contributed by atoms with Crippen molar-refractivity contribution >= 4 is 16.8 Å². The van der Waals surface area contributed by atoms with Gasteiger partial charge in [-0.05, 0) is 61.3 Å². The molecule has 1 amide bonds. The summed E-state index contributed by atoms with van der Waals surface area (Å²) >= 11 is 0.